The monoisotopic (exact) mass is 398 g/mol. The fourth-order valence-electron chi connectivity index (χ4n) is 3.08. The molecule has 2 aromatic carbocycles. The van der Waals surface area contributed by atoms with Gasteiger partial charge < -0.3 is 23.9 Å². The lowest BCUT2D eigenvalue weighted by atomic mass is 9.78. The minimum absolute atomic E-state index is 0.0408. The van der Waals surface area contributed by atoms with Gasteiger partial charge in [0.2, 0.25) is 0 Å². The number of ether oxygens (including phenoxy) is 2. The molecule has 1 aliphatic heterocycles. The van der Waals surface area contributed by atoms with E-state index in [-0.39, 0.29) is 24.9 Å². The van der Waals surface area contributed by atoms with Gasteiger partial charge in [0, 0.05) is 0 Å². The Morgan fingerprint density at radius 1 is 0.759 bits per heavy atom. The van der Waals surface area contributed by atoms with Crippen molar-refractivity contribution in [1.29, 1.82) is 0 Å². The smallest absolute Gasteiger partial charge is 0.399 e. The van der Waals surface area contributed by atoms with Gasteiger partial charge >= 0.3 is 7.12 Å². The first kappa shape index (κ1) is 22.0. The summed E-state index contributed by atoms with van der Waals surface area (Å²) in [5.74, 6) is 0. The fourth-order valence-corrected chi connectivity index (χ4v) is 3.08. The quantitative estimate of drug-likeness (QED) is 0.520. The first-order chi connectivity index (χ1) is 13.8. The van der Waals surface area contributed by atoms with Gasteiger partial charge in [-0.2, -0.15) is 0 Å². The zero-order chi connectivity index (χ0) is 20.9. The molecule has 29 heavy (non-hydrogen) atoms. The largest absolute Gasteiger partial charge is 0.494 e. The molecular formula is C23H31BO5. The Hall–Kier alpha value is -1.70. The molecule has 0 unspecified atom stereocenters. The van der Waals surface area contributed by atoms with Crippen LogP contribution in [0.1, 0.15) is 33.3 Å². The maximum absolute atomic E-state index is 8.65. The first-order valence-corrected chi connectivity index (χ1v) is 10.1. The number of hydrogen-bond donors (Lipinski definition) is 1. The molecule has 0 amide bonds. The summed E-state index contributed by atoms with van der Waals surface area (Å²) < 4.78 is 23.0. The molecule has 5 nitrogen and oxygen atoms in total. The molecule has 0 saturated carbocycles. The van der Waals surface area contributed by atoms with Crippen molar-refractivity contribution < 1.29 is 23.9 Å². The molecule has 0 radical (unpaired) electrons. The molecule has 3 rings (SSSR count). The van der Waals surface area contributed by atoms with Gasteiger partial charge in [0.1, 0.15) is 0 Å². The second kappa shape index (κ2) is 9.41. The van der Waals surface area contributed by atoms with E-state index in [2.05, 4.69) is 76.2 Å². The van der Waals surface area contributed by atoms with Crippen molar-refractivity contribution in [3.8, 4) is 11.1 Å². The highest BCUT2D eigenvalue weighted by Gasteiger charge is 2.51. The van der Waals surface area contributed by atoms with Crippen molar-refractivity contribution in [1.82, 2.24) is 0 Å². The molecule has 0 atom stereocenters. The molecule has 0 spiro atoms. The molecule has 6 heteroatoms. The van der Waals surface area contributed by atoms with Crippen LogP contribution in [0.2, 0.25) is 0 Å². The van der Waals surface area contributed by atoms with Crippen molar-refractivity contribution in [3.05, 3.63) is 54.1 Å². The van der Waals surface area contributed by atoms with Crippen LogP contribution in [0.25, 0.3) is 11.1 Å². The number of aliphatic hydroxyl groups excluding tert-OH is 1. The van der Waals surface area contributed by atoms with Crippen LogP contribution in [0.3, 0.4) is 0 Å². The van der Waals surface area contributed by atoms with Crippen LogP contribution in [0.4, 0.5) is 0 Å². The van der Waals surface area contributed by atoms with Gasteiger partial charge in [0.05, 0.1) is 44.2 Å². The second-order valence-electron chi connectivity index (χ2n) is 8.30. The molecule has 0 aliphatic carbocycles. The lowest BCUT2D eigenvalue weighted by Gasteiger charge is -2.32. The normalized spacial score (nSPS) is 17.6. The van der Waals surface area contributed by atoms with Crippen LogP contribution in [0, 0.1) is 0 Å². The van der Waals surface area contributed by atoms with Gasteiger partial charge in [0.25, 0.3) is 0 Å². The number of hydrogen-bond acceptors (Lipinski definition) is 5. The number of aliphatic hydroxyl groups is 1. The van der Waals surface area contributed by atoms with E-state index < -0.39 is 0 Å². The van der Waals surface area contributed by atoms with Crippen LogP contribution >= 0.6 is 0 Å². The van der Waals surface area contributed by atoms with Crippen molar-refractivity contribution >= 4 is 12.6 Å². The van der Waals surface area contributed by atoms with Crippen molar-refractivity contribution in [2.24, 2.45) is 0 Å². The van der Waals surface area contributed by atoms with Crippen molar-refractivity contribution in [2.75, 3.05) is 26.4 Å². The summed E-state index contributed by atoms with van der Waals surface area (Å²) in [6.45, 7) is 10.2. The Balaban J connectivity index is 1.55. The third kappa shape index (κ3) is 5.47. The maximum Gasteiger partial charge on any atom is 0.494 e. The molecule has 1 aliphatic rings. The van der Waals surface area contributed by atoms with E-state index in [0.29, 0.717) is 26.4 Å². The number of benzene rings is 2. The Bertz CT molecular complexity index is 755. The molecular weight excluding hydrogens is 367 g/mol. The topological polar surface area (TPSA) is 57.2 Å². The molecule has 0 bridgehead atoms. The third-order valence-corrected chi connectivity index (χ3v) is 5.60. The van der Waals surface area contributed by atoms with Gasteiger partial charge in [0.15, 0.2) is 0 Å². The van der Waals surface area contributed by atoms with Crippen LogP contribution < -0.4 is 5.46 Å². The standard InChI is InChI=1S/C23H31BO5/c1-22(2)23(3,4)29-24(28-22)21-11-9-20(10-12-21)19-7-5-18(6-8-19)17-27-16-15-26-14-13-25/h5-12,25H,13-17H2,1-4H3. The van der Waals surface area contributed by atoms with E-state index in [1.54, 1.807) is 0 Å². The Morgan fingerprint density at radius 3 is 1.83 bits per heavy atom. The molecule has 1 heterocycles. The average molecular weight is 398 g/mol. The molecule has 156 valence electrons. The third-order valence-electron chi connectivity index (χ3n) is 5.60. The average Bonchev–Trinajstić information content (AvgIpc) is 2.92. The van der Waals surface area contributed by atoms with Crippen LogP contribution in [0.15, 0.2) is 48.5 Å². The molecule has 1 saturated heterocycles. The summed E-state index contributed by atoms with van der Waals surface area (Å²) in [6.07, 6.45) is 0. The first-order valence-electron chi connectivity index (χ1n) is 10.1. The number of rotatable bonds is 9. The SMILES string of the molecule is CC1(C)OB(c2ccc(-c3ccc(COCCOCCO)cc3)cc2)OC1(C)C. The van der Waals surface area contributed by atoms with E-state index in [1.807, 2.05) is 0 Å². The van der Waals surface area contributed by atoms with Crippen LogP contribution in [-0.4, -0.2) is 49.9 Å². The highest BCUT2D eigenvalue weighted by molar-refractivity contribution is 6.62. The molecule has 0 aromatic heterocycles. The van der Waals surface area contributed by atoms with Crippen LogP contribution in [0.5, 0.6) is 0 Å². The van der Waals surface area contributed by atoms with Gasteiger partial charge in [-0.25, -0.2) is 0 Å². The highest BCUT2D eigenvalue weighted by Crippen LogP contribution is 2.36. The summed E-state index contributed by atoms with van der Waals surface area (Å²) >= 11 is 0. The van der Waals surface area contributed by atoms with Gasteiger partial charge in [-0.1, -0.05) is 48.5 Å². The Kier molecular flexibility index (Phi) is 7.14. The molecule has 1 fully saturated rings. The van der Waals surface area contributed by atoms with Crippen LogP contribution in [-0.2, 0) is 25.4 Å². The minimum Gasteiger partial charge on any atom is -0.399 e. The zero-order valence-corrected chi connectivity index (χ0v) is 17.8. The predicted molar refractivity (Wildman–Crippen MR) is 115 cm³/mol. The van der Waals surface area contributed by atoms with E-state index in [4.69, 9.17) is 23.9 Å². The minimum atomic E-state index is -0.338. The summed E-state index contributed by atoms with van der Waals surface area (Å²) in [6, 6.07) is 16.7. The lowest BCUT2D eigenvalue weighted by molar-refractivity contribution is 0.00578. The van der Waals surface area contributed by atoms with Gasteiger partial charge in [-0.3, -0.25) is 0 Å². The van der Waals surface area contributed by atoms with Gasteiger partial charge in [-0.15, -0.1) is 0 Å². The second-order valence-corrected chi connectivity index (χ2v) is 8.30. The maximum atomic E-state index is 8.65. The zero-order valence-electron chi connectivity index (χ0n) is 17.8. The Morgan fingerprint density at radius 2 is 1.28 bits per heavy atom. The molecule has 1 N–H and O–H groups in total. The van der Waals surface area contributed by atoms with Crippen molar-refractivity contribution in [3.63, 3.8) is 0 Å². The van der Waals surface area contributed by atoms with E-state index in [9.17, 15) is 0 Å². The summed E-state index contributed by atoms with van der Waals surface area (Å²) in [5, 5.41) is 8.65. The highest BCUT2D eigenvalue weighted by atomic mass is 16.7. The van der Waals surface area contributed by atoms with E-state index in [1.165, 1.54) is 0 Å². The molecule has 2 aromatic rings. The Labute approximate surface area is 174 Å². The summed E-state index contributed by atoms with van der Waals surface area (Å²) in [7, 11) is -0.338. The van der Waals surface area contributed by atoms with E-state index in [0.717, 1.165) is 22.2 Å². The summed E-state index contributed by atoms with van der Waals surface area (Å²) in [5.41, 5.74) is 3.78. The summed E-state index contributed by atoms with van der Waals surface area (Å²) in [4.78, 5) is 0. The van der Waals surface area contributed by atoms with Crippen molar-refractivity contribution in [2.45, 2.75) is 45.5 Å². The van der Waals surface area contributed by atoms with E-state index >= 15 is 0 Å². The lowest BCUT2D eigenvalue weighted by Crippen LogP contribution is -2.41. The van der Waals surface area contributed by atoms with Gasteiger partial charge in [-0.05, 0) is 49.8 Å². The fraction of sp³-hybridized carbons (Fsp3) is 0.478. The predicted octanol–water partition coefficient (Wildman–Crippen LogP) is 3.18.